The molecule has 0 heterocycles. The van der Waals surface area contributed by atoms with Crippen molar-refractivity contribution in [3.05, 3.63) is 249 Å². The van der Waals surface area contributed by atoms with Crippen molar-refractivity contribution >= 4 is 27.1 Å². The van der Waals surface area contributed by atoms with Crippen molar-refractivity contribution in [2.75, 3.05) is 4.90 Å². The van der Waals surface area contributed by atoms with Crippen LogP contribution in [0.4, 0.5) is 17.1 Å². The van der Waals surface area contributed by atoms with Gasteiger partial charge in [0.15, 0.2) is 0 Å². The normalized spacial score (nSPS) is 11.5. The van der Waals surface area contributed by atoms with Crippen LogP contribution in [-0.2, 0) is 0 Å². The van der Waals surface area contributed by atoms with Crippen molar-refractivity contribution in [1.82, 2.24) is 0 Å². The molecule has 0 aliphatic rings. The second-order valence-electron chi connectivity index (χ2n) is 13.8. The van der Waals surface area contributed by atoms with Gasteiger partial charge in [-0.15, -0.1) is 10.0 Å². The molecule has 0 bridgehead atoms. The first-order chi connectivity index (χ1) is 27.8. The van der Waals surface area contributed by atoms with E-state index in [0.29, 0.717) is 0 Å². The van der Waals surface area contributed by atoms with E-state index < -0.39 is 10.0 Å². The van der Waals surface area contributed by atoms with Crippen LogP contribution in [0.1, 0.15) is 0 Å². The molecule has 9 aromatic carbocycles. The summed E-state index contributed by atoms with van der Waals surface area (Å²) in [7, 11) is -1.78. The fourth-order valence-corrected chi connectivity index (χ4v) is 11.6. The Bertz CT molecular complexity index is 2530. The molecular formula is C54H41NS. The van der Waals surface area contributed by atoms with Gasteiger partial charge in [-0.25, -0.2) is 0 Å². The van der Waals surface area contributed by atoms with Crippen LogP contribution in [-0.4, -0.2) is 0 Å². The van der Waals surface area contributed by atoms with Crippen LogP contribution in [0.3, 0.4) is 0 Å². The first-order valence-corrected chi connectivity index (χ1v) is 20.7. The lowest BCUT2D eigenvalue weighted by atomic mass is 9.91. The number of para-hydroxylation sites is 1. The van der Waals surface area contributed by atoms with Crippen LogP contribution in [0.15, 0.2) is 268 Å². The average Bonchev–Trinajstić information content (AvgIpc) is 3.29. The molecule has 0 atom stereocenters. The predicted octanol–water partition coefficient (Wildman–Crippen LogP) is 15.5. The van der Waals surface area contributed by atoms with Crippen molar-refractivity contribution in [2.24, 2.45) is 0 Å². The second kappa shape index (κ2) is 15.8. The van der Waals surface area contributed by atoms with Gasteiger partial charge in [0.1, 0.15) is 0 Å². The maximum Gasteiger partial charge on any atom is 0.0462 e. The summed E-state index contributed by atoms with van der Waals surface area (Å²) in [5.41, 5.74) is 10.6. The van der Waals surface area contributed by atoms with Gasteiger partial charge < -0.3 is 4.90 Å². The van der Waals surface area contributed by atoms with E-state index >= 15 is 0 Å². The highest BCUT2D eigenvalue weighted by atomic mass is 32.3. The minimum absolute atomic E-state index is 1.10. The molecule has 9 rings (SSSR count). The van der Waals surface area contributed by atoms with Gasteiger partial charge in [0.2, 0.25) is 0 Å². The quantitative estimate of drug-likeness (QED) is 0.135. The highest BCUT2D eigenvalue weighted by Crippen LogP contribution is 2.73. The van der Waals surface area contributed by atoms with Crippen molar-refractivity contribution in [1.29, 1.82) is 0 Å². The molecule has 0 aromatic heterocycles. The molecule has 0 aliphatic carbocycles. The monoisotopic (exact) mass is 735 g/mol. The van der Waals surface area contributed by atoms with Crippen molar-refractivity contribution in [3.8, 4) is 33.4 Å². The third-order valence-corrected chi connectivity index (χ3v) is 14.3. The summed E-state index contributed by atoms with van der Waals surface area (Å²) < 4.78 is 0. The largest absolute Gasteiger partial charge is 0.311 e. The smallest absolute Gasteiger partial charge is 0.0462 e. The molecule has 0 N–H and O–H groups in total. The van der Waals surface area contributed by atoms with Crippen LogP contribution in [0.5, 0.6) is 0 Å². The molecule has 1 nitrogen and oxygen atoms in total. The summed E-state index contributed by atoms with van der Waals surface area (Å²) in [4.78, 5) is 7.58. The van der Waals surface area contributed by atoms with E-state index in [1.807, 2.05) is 0 Å². The first-order valence-electron chi connectivity index (χ1n) is 19.1. The topological polar surface area (TPSA) is 3.24 Å². The zero-order valence-corrected chi connectivity index (χ0v) is 31.8. The Hall–Kier alpha value is -6.87. The highest BCUT2D eigenvalue weighted by Gasteiger charge is 2.33. The summed E-state index contributed by atoms with van der Waals surface area (Å²) in [6, 6.07) is 90.2. The maximum absolute atomic E-state index is 2.35. The van der Waals surface area contributed by atoms with Gasteiger partial charge in [0, 0.05) is 36.6 Å². The summed E-state index contributed by atoms with van der Waals surface area (Å²) in [5.74, 6) is 0. The Kier molecular flexibility index (Phi) is 9.87. The molecule has 0 amide bonds. The number of hydrogen-bond donors (Lipinski definition) is 0. The summed E-state index contributed by atoms with van der Waals surface area (Å²) in [6.45, 7) is 0. The molecular weight excluding hydrogens is 695 g/mol. The van der Waals surface area contributed by atoms with Crippen LogP contribution in [0, 0.1) is 0 Å². The van der Waals surface area contributed by atoms with Gasteiger partial charge in [-0.2, -0.15) is 0 Å². The van der Waals surface area contributed by atoms with E-state index in [1.54, 1.807) is 0 Å². The first kappa shape index (κ1) is 34.9. The Balaban J connectivity index is 1.12. The summed E-state index contributed by atoms with van der Waals surface area (Å²) in [6.07, 6.45) is 0. The van der Waals surface area contributed by atoms with Crippen molar-refractivity contribution < 1.29 is 0 Å². The molecule has 9 aromatic rings. The third kappa shape index (κ3) is 6.72. The van der Waals surface area contributed by atoms with Gasteiger partial charge in [-0.1, -0.05) is 158 Å². The molecule has 0 fully saturated rings. The van der Waals surface area contributed by atoms with Gasteiger partial charge in [0.25, 0.3) is 0 Å². The second-order valence-corrected chi connectivity index (χ2v) is 16.9. The molecule has 0 saturated carbocycles. The molecule has 0 aliphatic heterocycles. The molecule has 0 radical (unpaired) electrons. The Labute approximate surface area is 332 Å². The highest BCUT2D eigenvalue weighted by molar-refractivity contribution is 8.34. The van der Waals surface area contributed by atoms with Crippen LogP contribution < -0.4 is 4.90 Å². The number of anilines is 3. The Morgan fingerprint density at radius 3 is 1.04 bits per heavy atom. The molecule has 0 spiro atoms. The van der Waals surface area contributed by atoms with Crippen molar-refractivity contribution in [3.63, 3.8) is 0 Å². The van der Waals surface area contributed by atoms with Crippen LogP contribution in [0.2, 0.25) is 0 Å². The molecule has 2 heteroatoms. The van der Waals surface area contributed by atoms with Crippen LogP contribution >= 0.6 is 10.0 Å². The van der Waals surface area contributed by atoms with Crippen molar-refractivity contribution in [2.45, 2.75) is 19.6 Å². The predicted molar refractivity (Wildman–Crippen MR) is 237 cm³/mol. The van der Waals surface area contributed by atoms with Gasteiger partial charge in [0.05, 0.1) is 0 Å². The van der Waals surface area contributed by atoms with E-state index in [0.717, 1.165) is 17.1 Å². The summed E-state index contributed by atoms with van der Waals surface area (Å²) in [5, 5.41) is 0. The Morgan fingerprint density at radius 2 is 0.571 bits per heavy atom. The zero-order chi connectivity index (χ0) is 37.6. The van der Waals surface area contributed by atoms with E-state index in [4.69, 9.17) is 0 Å². The third-order valence-electron chi connectivity index (χ3n) is 10.4. The molecule has 56 heavy (non-hydrogen) atoms. The minimum atomic E-state index is -1.78. The van der Waals surface area contributed by atoms with Gasteiger partial charge >= 0.3 is 0 Å². The average molecular weight is 736 g/mol. The fourth-order valence-electron chi connectivity index (χ4n) is 7.77. The lowest BCUT2D eigenvalue weighted by molar-refractivity contribution is 1.22. The molecule has 268 valence electrons. The van der Waals surface area contributed by atoms with E-state index in [1.165, 1.54) is 53.0 Å². The Morgan fingerprint density at radius 1 is 0.232 bits per heavy atom. The fraction of sp³-hybridized carbons (Fsp3) is 0. The van der Waals surface area contributed by atoms with E-state index in [9.17, 15) is 0 Å². The standard InChI is InChI=1S/C54H41NS/c1-7-19-43(20-8-1)53-40-33-45(41-54(53)44-21-9-2-10-22-44)42-31-34-47(35-32-42)55(46-23-11-3-12-24-46)48-36-38-52(39-37-48)56(49-25-13-4-14-26-49,50-27-15-5-16-28-50)51-29-17-6-18-30-51/h1-41H. The number of benzene rings is 9. The summed E-state index contributed by atoms with van der Waals surface area (Å²) >= 11 is 0. The van der Waals surface area contributed by atoms with Gasteiger partial charge in [-0.05, 0) is 124 Å². The molecule has 0 saturated heterocycles. The van der Waals surface area contributed by atoms with Crippen LogP contribution in [0.25, 0.3) is 33.4 Å². The number of hydrogen-bond acceptors (Lipinski definition) is 1. The molecule has 0 unspecified atom stereocenters. The lowest BCUT2D eigenvalue weighted by Gasteiger charge is -2.42. The van der Waals surface area contributed by atoms with E-state index in [2.05, 4.69) is 254 Å². The van der Waals surface area contributed by atoms with Gasteiger partial charge in [-0.3, -0.25) is 0 Å². The lowest BCUT2D eigenvalue weighted by Crippen LogP contribution is -2.10. The number of rotatable bonds is 10. The minimum Gasteiger partial charge on any atom is -0.311 e. The number of nitrogens with zero attached hydrogens (tertiary/aromatic N) is 1. The van der Waals surface area contributed by atoms with E-state index in [-0.39, 0.29) is 0 Å². The SMILES string of the molecule is c1ccc(-c2ccc(-c3ccc(N(c4ccccc4)c4ccc(S(c5ccccc5)(c5ccccc5)c5ccccc5)cc4)cc3)cc2-c2ccccc2)cc1. The zero-order valence-electron chi connectivity index (χ0n) is 31.0. The maximum atomic E-state index is 2.35.